The number of pyridine rings is 1. The van der Waals surface area contributed by atoms with E-state index in [0.717, 1.165) is 42.1 Å². The van der Waals surface area contributed by atoms with Crippen molar-refractivity contribution in [2.45, 2.75) is 44.8 Å². The Morgan fingerprint density at radius 2 is 2.05 bits per heavy atom. The maximum Gasteiger partial charge on any atom is 0.270 e. The highest BCUT2D eigenvalue weighted by Crippen LogP contribution is 2.20. The first-order valence-electron chi connectivity index (χ1n) is 7.50. The fourth-order valence-corrected chi connectivity index (χ4v) is 2.99. The van der Waals surface area contributed by atoms with Gasteiger partial charge in [-0.25, -0.2) is 4.98 Å². The molecule has 0 bridgehead atoms. The molecule has 0 unspecified atom stereocenters. The monoisotopic (exact) mass is 284 g/mol. The minimum atomic E-state index is -0.441. The molecule has 1 aliphatic carbocycles. The van der Waals surface area contributed by atoms with Gasteiger partial charge >= 0.3 is 0 Å². The Morgan fingerprint density at radius 1 is 1.29 bits per heavy atom. The summed E-state index contributed by atoms with van der Waals surface area (Å²) >= 11 is 0. The Morgan fingerprint density at radius 3 is 2.86 bits per heavy atom. The van der Waals surface area contributed by atoms with Crippen LogP contribution in [0.1, 0.15) is 41.7 Å². The SMILES string of the molecule is Cc1cc(C(=O)N[C@H]2CCCC[C@@H]2O)nc2ccccc12. The first-order valence-corrected chi connectivity index (χ1v) is 7.50. The van der Waals surface area contributed by atoms with Crippen molar-refractivity contribution < 1.29 is 9.90 Å². The Kier molecular flexibility index (Phi) is 3.88. The highest BCUT2D eigenvalue weighted by Gasteiger charge is 2.25. The fourth-order valence-electron chi connectivity index (χ4n) is 2.99. The molecule has 1 aromatic heterocycles. The van der Waals surface area contributed by atoms with Crippen LogP contribution in [0.4, 0.5) is 0 Å². The van der Waals surface area contributed by atoms with E-state index < -0.39 is 6.10 Å². The summed E-state index contributed by atoms with van der Waals surface area (Å²) in [4.78, 5) is 16.8. The molecule has 0 spiro atoms. The van der Waals surface area contributed by atoms with Crippen molar-refractivity contribution in [3.63, 3.8) is 0 Å². The number of carbonyl (C=O) groups excluding carboxylic acids is 1. The second-order valence-corrected chi connectivity index (χ2v) is 5.77. The smallest absolute Gasteiger partial charge is 0.270 e. The molecule has 3 rings (SSSR count). The number of nitrogens with one attached hydrogen (secondary N) is 1. The second kappa shape index (κ2) is 5.82. The minimum absolute atomic E-state index is 0.153. The van der Waals surface area contributed by atoms with Crippen molar-refractivity contribution in [3.05, 3.63) is 41.6 Å². The number of hydrogen-bond acceptors (Lipinski definition) is 3. The molecular weight excluding hydrogens is 264 g/mol. The zero-order valence-corrected chi connectivity index (χ0v) is 12.2. The van der Waals surface area contributed by atoms with E-state index in [1.165, 1.54) is 0 Å². The topological polar surface area (TPSA) is 62.2 Å². The molecule has 0 saturated heterocycles. The van der Waals surface area contributed by atoms with Crippen LogP contribution in [0.2, 0.25) is 0 Å². The van der Waals surface area contributed by atoms with Crippen molar-refractivity contribution in [3.8, 4) is 0 Å². The first kappa shape index (κ1) is 14.0. The van der Waals surface area contributed by atoms with Crippen LogP contribution >= 0.6 is 0 Å². The Hall–Kier alpha value is -1.94. The van der Waals surface area contributed by atoms with Gasteiger partial charge in [0.25, 0.3) is 5.91 Å². The number of amides is 1. The summed E-state index contributed by atoms with van der Waals surface area (Å²) in [7, 11) is 0. The number of hydrogen-bond donors (Lipinski definition) is 2. The number of fused-ring (bicyclic) bond motifs is 1. The van der Waals surface area contributed by atoms with E-state index in [2.05, 4.69) is 10.3 Å². The number of para-hydroxylation sites is 1. The molecule has 0 radical (unpaired) electrons. The normalized spacial score (nSPS) is 22.2. The standard InChI is InChI=1S/C17H20N2O2/c1-11-10-15(18-13-7-3-2-6-12(11)13)17(21)19-14-8-4-5-9-16(14)20/h2-3,6-7,10,14,16,20H,4-5,8-9H2,1H3,(H,19,21)/t14-,16-/m0/s1. The van der Waals surface area contributed by atoms with Crippen molar-refractivity contribution in [2.24, 2.45) is 0 Å². The predicted octanol–water partition coefficient (Wildman–Crippen LogP) is 2.58. The lowest BCUT2D eigenvalue weighted by molar-refractivity contribution is 0.0714. The van der Waals surface area contributed by atoms with Gasteiger partial charge in [0.2, 0.25) is 0 Å². The van der Waals surface area contributed by atoms with Crippen LogP contribution in [-0.4, -0.2) is 28.1 Å². The van der Waals surface area contributed by atoms with Crippen LogP contribution in [-0.2, 0) is 0 Å². The van der Waals surface area contributed by atoms with E-state index in [1.807, 2.05) is 37.3 Å². The molecule has 2 N–H and O–H groups in total. The fraction of sp³-hybridized carbons (Fsp3) is 0.412. The zero-order chi connectivity index (χ0) is 14.8. The lowest BCUT2D eigenvalue weighted by Gasteiger charge is -2.28. The molecular formula is C17H20N2O2. The average Bonchev–Trinajstić information content (AvgIpc) is 2.49. The van der Waals surface area contributed by atoms with E-state index in [-0.39, 0.29) is 11.9 Å². The third-order valence-electron chi connectivity index (χ3n) is 4.20. The molecule has 110 valence electrons. The number of carbonyl (C=O) groups is 1. The number of aromatic nitrogens is 1. The van der Waals surface area contributed by atoms with Crippen molar-refractivity contribution in [2.75, 3.05) is 0 Å². The van der Waals surface area contributed by atoms with E-state index in [9.17, 15) is 9.90 Å². The maximum atomic E-state index is 12.4. The van der Waals surface area contributed by atoms with Gasteiger partial charge in [-0.1, -0.05) is 31.0 Å². The van der Waals surface area contributed by atoms with Gasteiger partial charge in [0, 0.05) is 5.39 Å². The number of benzene rings is 1. The molecule has 1 aliphatic rings. The Balaban J connectivity index is 1.84. The molecule has 2 atom stereocenters. The van der Waals surface area contributed by atoms with Crippen molar-refractivity contribution >= 4 is 16.8 Å². The molecule has 1 fully saturated rings. The van der Waals surface area contributed by atoms with Gasteiger partial charge in [-0.2, -0.15) is 0 Å². The summed E-state index contributed by atoms with van der Waals surface area (Å²) in [5.74, 6) is -0.199. The molecule has 1 amide bonds. The van der Waals surface area contributed by atoms with Gasteiger partial charge < -0.3 is 10.4 Å². The molecule has 4 heteroatoms. The second-order valence-electron chi connectivity index (χ2n) is 5.77. The lowest BCUT2D eigenvalue weighted by Crippen LogP contribution is -2.45. The number of aliphatic hydroxyl groups excluding tert-OH is 1. The number of rotatable bonds is 2. The third-order valence-corrected chi connectivity index (χ3v) is 4.20. The summed E-state index contributed by atoms with van der Waals surface area (Å²) in [6, 6.07) is 9.46. The van der Waals surface area contributed by atoms with Crippen LogP contribution in [0.3, 0.4) is 0 Å². The molecule has 1 heterocycles. The summed E-state index contributed by atoms with van der Waals surface area (Å²) in [6.45, 7) is 1.98. The van der Waals surface area contributed by atoms with Crippen LogP contribution < -0.4 is 5.32 Å². The van der Waals surface area contributed by atoms with Gasteiger partial charge in [0.15, 0.2) is 0 Å². The van der Waals surface area contributed by atoms with E-state index in [4.69, 9.17) is 0 Å². The van der Waals surface area contributed by atoms with E-state index in [1.54, 1.807) is 0 Å². The molecule has 0 aliphatic heterocycles. The van der Waals surface area contributed by atoms with Crippen LogP contribution in [0.25, 0.3) is 10.9 Å². The van der Waals surface area contributed by atoms with Gasteiger partial charge in [0.1, 0.15) is 5.69 Å². The van der Waals surface area contributed by atoms with Crippen LogP contribution in [0, 0.1) is 6.92 Å². The molecule has 1 saturated carbocycles. The third kappa shape index (κ3) is 2.90. The minimum Gasteiger partial charge on any atom is -0.391 e. The summed E-state index contributed by atoms with van der Waals surface area (Å²) < 4.78 is 0. The summed E-state index contributed by atoms with van der Waals surface area (Å²) in [6.07, 6.45) is 3.23. The van der Waals surface area contributed by atoms with Gasteiger partial charge in [0.05, 0.1) is 17.7 Å². The first-order chi connectivity index (χ1) is 10.1. The Labute approximate surface area is 124 Å². The summed E-state index contributed by atoms with van der Waals surface area (Å²) in [5, 5.41) is 13.9. The highest BCUT2D eigenvalue weighted by atomic mass is 16.3. The quantitative estimate of drug-likeness (QED) is 0.891. The number of aliphatic hydroxyl groups is 1. The van der Waals surface area contributed by atoms with Gasteiger partial charge in [-0.3, -0.25) is 4.79 Å². The average molecular weight is 284 g/mol. The predicted molar refractivity (Wildman–Crippen MR) is 82.2 cm³/mol. The molecule has 2 aromatic rings. The largest absolute Gasteiger partial charge is 0.391 e. The highest BCUT2D eigenvalue weighted by molar-refractivity contribution is 5.96. The summed E-state index contributed by atoms with van der Waals surface area (Å²) in [5.41, 5.74) is 2.28. The Bertz CT molecular complexity index is 669. The van der Waals surface area contributed by atoms with E-state index in [0.29, 0.717) is 5.69 Å². The van der Waals surface area contributed by atoms with Crippen molar-refractivity contribution in [1.82, 2.24) is 10.3 Å². The van der Waals surface area contributed by atoms with Crippen LogP contribution in [0.5, 0.6) is 0 Å². The molecule has 4 nitrogen and oxygen atoms in total. The van der Waals surface area contributed by atoms with Gasteiger partial charge in [-0.05, 0) is 37.5 Å². The van der Waals surface area contributed by atoms with E-state index >= 15 is 0 Å². The molecule has 21 heavy (non-hydrogen) atoms. The van der Waals surface area contributed by atoms with Crippen LogP contribution in [0.15, 0.2) is 30.3 Å². The maximum absolute atomic E-state index is 12.4. The number of nitrogens with zero attached hydrogens (tertiary/aromatic N) is 1. The number of aryl methyl sites for hydroxylation is 1. The lowest BCUT2D eigenvalue weighted by atomic mass is 9.92. The molecule has 1 aromatic carbocycles. The zero-order valence-electron chi connectivity index (χ0n) is 12.2. The van der Waals surface area contributed by atoms with Crippen molar-refractivity contribution in [1.29, 1.82) is 0 Å². The van der Waals surface area contributed by atoms with Gasteiger partial charge in [-0.15, -0.1) is 0 Å².